The maximum Gasteiger partial charge on any atom is 0.250 e. The molecule has 4 nitrogen and oxygen atoms in total. The van der Waals surface area contributed by atoms with Crippen LogP contribution < -0.4 is 10.9 Å². The Hall–Kier alpha value is -1.29. The van der Waals surface area contributed by atoms with Crippen molar-refractivity contribution in [3.8, 4) is 0 Å². The van der Waals surface area contributed by atoms with Crippen LogP contribution in [0.15, 0.2) is 23.1 Å². The van der Waals surface area contributed by atoms with E-state index in [0.717, 1.165) is 18.7 Å². The zero-order chi connectivity index (χ0) is 14.2. The van der Waals surface area contributed by atoms with Gasteiger partial charge in [0, 0.05) is 36.9 Å². The number of hydrogen-bond acceptors (Lipinski definition) is 3. The van der Waals surface area contributed by atoms with Crippen molar-refractivity contribution in [2.24, 2.45) is 5.41 Å². The summed E-state index contributed by atoms with van der Waals surface area (Å²) < 4.78 is 7.62. The topological polar surface area (TPSA) is 43.3 Å². The van der Waals surface area contributed by atoms with Gasteiger partial charge in [0.1, 0.15) is 0 Å². The van der Waals surface area contributed by atoms with Crippen molar-refractivity contribution in [2.75, 3.05) is 11.9 Å². The fourth-order valence-corrected chi connectivity index (χ4v) is 3.71. The zero-order valence-corrected chi connectivity index (χ0v) is 12.4. The third kappa shape index (κ3) is 2.06. The number of aromatic nitrogens is 1. The molecule has 1 spiro atoms. The number of hydrogen-bond donors (Lipinski definition) is 1. The van der Waals surface area contributed by atoms with E-state index in [2.05, 4.69) is 12.2 Å². The van der Waals surface area contributed by atoms with Gasteiger partial charge in [0.2, 0.25) is 0 Å². The minimum Gasteiger partial charge on any atom is -0.380 e. The minimum atomic E-state index is 0.0669. The van der Waals surface area contributed by atoms with Gasteiger partial charge in [-0.05, 0) is 39.2 Å². The van der Waals surface area contributed by atoms with Crippen LogP contribution in [0.25, 0.3) is 0 Å². The molecular weight excluding hydrogens is 252 g/mol. The molecule has 2 aliphatic rings. The van der Waals surface area contributed by atoms with Crippen LogP contribution in [0, 0.1) is 5.41 Å². The first kappa shape index (κ1) is 13.7. The van der Waals surface area contributed by atoms with E-state index in [4.69, 9.17) is 4.74 Å². The summed E-state index contributed by atoms with van der Waals surface area (Å²) in [5, 5.41) is 3.62. The molecule has 2 fully saturated rings. The van der Waals surface area contributed by atoms with E-state index in [0.29, 0.717) is 24.1 Å². The van der Waals surface area contributed by atoms with Crippen LogP contribution in [0.1, 0.15) is 39.5 Å². The molecule has 2 aliphatic carbocycles. The summed E-state index contributed by atoms with van der Waals surface area (Å²) in [5.41, 5.74) is 1.47. The molecule has 0 aromatic carbocycles. The fraction of sp³-hybridized carbons (Fsp3) is 0.688. The third-order valence-corrected chi connectivity index (χ3v) is 5.10. The Morgan fingerprint density at radius 1 is 1.40 bits per heavy atom. The van der Waals surface area contributed by atoms with E-state index in [1.54, 1.807) is 10.6 Å². The van der Waals surface area contributed by atoms with Crippen LogP contribution in [-0.4, -0.2) is 23.3 Å². The monoisotopic (exact) mass is 276 g/mol. The number of anilines is 1. The Morgan fingerprint density at radius 2 is 2.20 bits per heavy atom. The summed E-state index contributed by atoms with van der Waals surface area (Å²) in [6.07, 6.45) is 7.29. The lowest BCUT2D eigenvalue weighted by Gasteiger charge is -2.61. The second-order valence-corrected chi connectivity index (χ2v) is 6.01. The van der Waals surface area contributed by atoms with E-state index in [1.165, 1.54) is 19.3 Å². The van der Waals surface area contributed by atoms with Crippen molar-refractivity contribution >= 4 is 5.69 Å². The number of nitrogens with zero attached hydrogens (tertiary/aromatic N) is 1. The van der Waals surface area contributed by atoms with E-state index in [-0.39, 0.29) is 5.56 Å². The van der Waals surface area contributed by atoms with Gasteiger partial charge in [-0.15, -0.1) is 0 Å². The predicted molar refractivity (Wildman–Crippen MR) is 80.1 cm³/mol. The third-order valence-electron chi connectivity index (χ3n) is 5.10. The lowest BCUT2D eigenvalue weighted by molar-refractivity contribution is -0.157. The molecule has 1 heterocycles. The Balaban J connectivity index is 1.71. The fourth-order valence-electron chi connectivity index (χ4n) is 3.71. The molecular formula is C16H24N2O2. The van der Waals surface area contributed by atoms with Crippen LogP contribution in [0.5, 0.6) is 0 Å². The maximum atomic E-state index is 11.6. The van der Waals surface area contributed by atoms with E-state index in [9.17, 15) is 4.79 Å². The maximum absolute atomic E-state index is 11.6. The molecule has 4 heteroatoms. The van der Waals surface area contributed by atoms with Gasteiger partial charge in [-0.3, -0.25) is 4.79 Å². The van der Waals surface area contributed by atoms with E-state index in [1.807, 2.05) is 19.2 Å². The molecule has 1 aromatic heterocycles. The van der Waals surface area contributed by atoms with Crippen LogP contribution in [0.4, 0.5) is 5.69 Å². The quantitative estimate of drug-likeness (QED) is 0.899. The summed E-state index contributed by atoms with van der Waals surface area (Å²) in [6.45, 7) is 5.59. The van der Waals surface area contributed by atoms with Crippen molar-refractivity contribution in [3.63, 3.8) is 0 Å². The molecule has 3 rings (SSSR count). The van der Waals surface area contributed by atoms with Gasteiger partial charge in [0.15, 0.2) is 0 Å². The average molecular weight is 276 g/mol. The molecule has 110 valence electrons. The normalized spacial score (nSPS) is 26.9. The molecule has 0 radical (unpaired) electrons. The van der Waals surface area contributed by atoms with Crippen molar-refractivity contribution in [2.45, 2.75) is 58.2 Å². The summed E-state index contributed by atoms with van der Waals surface area (Å²) in [5.74, 6) is 0. The Kier molecular flexibility index (Phi) is 3.59. The van der Waals surface area contributed by atoms with Gasteiger partial charge in [0.25, 0.3) is 5.56 Å². The molecule has 0 amide bonds. The number of aryl methyl sites for hydroxylation is 1. The Morgan fingerprint density at radius 3 is 2.80 bits per heavy atom. The number of rotatable bonds is 5. The number of ether oxygens (including phenoxy) is 1. The predicted octanol–water partition coefficient (Wildman–Crippen LogP) is 2.63. The zero-order valence-electron chi connectivity index (χ0n) is 12.4. The first-order valence-electron chi connectivity index (χ1n) is 7.78. The van der Waals surface area contributed by atoms with Gasteiger partial charge in [-0.2, -0.15) is 0 Å². The number of nitrogens with one attached hydrogen (secondary N) is 1. The van der Waals surface area contributed by atoms with Crippen LogP contribution in [0.2, 0.25) is 0 Å². The highest BCUT2D eigenvalue weighted by molar-refractivity contribution is 5.43. The highest BCUT2D eigenvalue weighted by atomic mass is 16.5. The Bertz CT molecular complexity index is 534. The molecule has 2 saturated carbocycles. The van der Waals surface area contributed by atoms with E-state index >= 15 is 0 Å². The summed E-state index contributed by atoms with van der Waals surface area (Å²) in [7, 11) is 0. The molecule has 0 aliphatic heterocycles. The molecule has 1 aromatic rings. The number of pyridine rings is 1. The Labute approximate surface area is 120 Å². The molecule has 0 bridgehead atoms. The second kappa shape index (κ2) is 5.24. The SMILES string of the molecule is CCOC1CC(Nc2ccc(=O)n(CC)c2)C12CCC2. The van der Waals surface area contributed by atoms with Gasteiger partial charge in [-0.25, -0.2) is 0 Å². The van der Waals surface area contributed by atoms with Crippen molar-refractivity contribution in [3.05, 3.63) is 28.7 Å². The first-order chi connectivity index (χ1) is 9.69. The molecule has 0 saturated heterocycles. The van der Waals surface area contributed by atoms with Crippen molar-refractivity contribution < 1.29 is 4.74 Å². The smallest absolute Gasteiger partial charge is 0.250 e. The lowest BCUT2D eigenvalue weighted by Crippen LogP contribution is -2.64. The lowest BCUT2D eigenvalue weighted by atomic mass is 9.51. The van der Waals surface area contributed by atoms with Crippen molar-refractivity contribution in [1.29, 1.82) is 0 Å². The average Bonchev–Trinajstić information content (AvgIpc) is 2.37. The summed E-state index contributed by atoms with van der Waals surface area (Å²) in [6, 6.07) is 4.04. The standard InChI is InChI=1S/C16H24N2O2/c1-3-18-11-12(6-7-15(18)19)17-13-10-14(20-4-2)16(13)8-5-9-16/h6-7,11,13-14,17H,3-5,8-10H2,1-2H3. The van der Waals surface area contributed by atoms with Crippen molar-refractivity contribution in [1.82, 2.24) is 4.57 Å². The van der Waals surface area contributed by atoms with Gasteiger partial charge in [0.05, 0.1) is 11.8 Å². The van der Waals surface area contributed by atoms with Crippen LogP contribution in [-0.2, 0) is 11.3 Å². The molecule has 1 N–H and O–H groups in total. The van der Waals surface area contributed by atoms with Gasteiger partial charge < -0.3 is 14.6 Å². The second-order valence-electron chi connectivity index (χ2n) is 6.01. The first-order valence-corrected chi connectivity index (χ1v) is 7.78. The van der Waals surface area contributed by atoms with Crippen LogP contribution >= 0.6 is 0 Å². The summed E-state index contributed by atoms with van der Waals surface area (Å²) in [4.78, 5) is 11.6. The van der Waals surface area contributed by atoms with Crippen LogP contribution in [0.3, 0.4) is 0 Å². The van der Waals surface area contributed by atoms with E-state index < -0.39 is 0 Å². The van der Waals surface area contributed by atoms with Gasteiger partial charge >= 0.3 is 0 Å². The molecule has 2 atom stereocenters. The highest BCUT2D eigenvalue weighted by Crippen LogP contribution is 2.58. The largest absolute Gasteiger partial charge is 0.380 e. The summed E-state index contributed by atoms with van der Waals surface area (Å²) >= 11 is 0. The molecule has 2 unspecified atom stereocenters. The molecule has 20 heavy (non-hydrogen) atoms. The van der Waals surface area contributed by atoms with Gasteiger partial charge in [-0.1, -0.05) is 6.42 Å². The minimum absolute atomic E-state index is 0.0669. The highest BCUT2D eigenvalue weighted by Gasteiger charge is 2.58.